The van der Waals surface area contributed by atoms with Gasteiger partial charge in [-0.05, 0) is 31.9 Å². The SMILES string of the molecule is Cc1ccc(N(C)CCC2OCCCO2)c(C)c1. The van der Waals surface area contributed by atoms with Crippen molar-refractivity contribution in [2.45, 2.75) is 33.0 Å². The number of anilines is 1. The zero-order valence-electron chi connectivity index (χ0n) is 11.6. The van der Waals surface area contributed by atoms with Crippen LogP contribution in [0.25, 0.3) is 0 Å². The largest absolute Gasteiger partial charge is 0.374 e. The van der Waals surface area contributed by atoms with Gasteiger partial charge < -0.3 is 14.4 Å². The highest BCUT2D eigenvalue weighted by Gasteiger charge is 2.15. The number of hydrogen-bond acceptors (Lipinski definition) is 3. The van der Waals surface area contributed by atoms with E-state index in [1.54, 1.807) is 0 Å². The van der Waals surface area contributed by atoms with Gasteiger partial charge >= 0.3 is 0 Å². The second kappa shape index (κ2) is 6.21. The Balaban J connectivity index is 1.88. The van der Waals surface area contributed by atoms with E-state index in [9.17, 15) is 0 Å². The van der Waals surface area contributed by atoms with E-state index in [4.69, 9.17) is 9.47 Å². The maximum Gasteiger partial charge on any atom is 0.159 e. The van der Waals surface area contributed by atoms with Gasteiger partial charge in [-0.1, -0.05) is 17.7 Å². The zero-order chi connectivity index (χ0) is 13.0. The number of hydrogen-bond donors (Lipinski definition) is 0. The van der Waals surface area contributed by atoms with Crippen LogP contribution < -0.4 is 4.90 Å². The van der Waals surface area contributed by atoms with Gasteiger partial charge in [-0.15, -0.1) is 0 Å². The number of aryl methyl sites for hydroxylation is 2. The molecule has 18 heavy (non-hydrogen) atoms. The Morgan fingerprint density at radius 1 is 1.22 bits per heavy atom. The molecule has 3 nitrogen and oxygen atoms in total. The molecule has 1 aliphatic rings. The van der Waals surface area contributed by atoms with Gasteiger partial charge in [-0.3, -0.25) is 0 Å². The van der Waals surface area contributed by atoms with E-state index in [-0.39, 0.29) is 6.29 Å². The summed E-state index contributed by atoms with van der Waals surface area (Å²) in [6, 6.07) is 6.57. The minimum absolute atomic E-state index is 0.0213. The third-order valence-corrected chi connectivity index (χ3v) is 3.36. The maximum atomic E-state index is 5.56. The molecule has 0 bridgehead atoms. The first-order valence-electron chi connectivity index (χ1n) is 6.68. The van der Waals surface area contributed by atoms with Crippen LogP contribution in [0.15, 0.2) is 18.2 Å². The summed E-state index contributed by atoms with van der Waals surface area (Å²) in [7, 11) is 2.13. The third kappa shape index (κ3) is 3.47. The average molecular weight is 249 g/mol. The molecule has 1 heterocycles. The molecule has 3 heteroatoms. The van der Waals surface area contributed by atoms with Crippen molar-refractivity contribution < 1.29 is 9.47 Å². The Morgan fingerprint density at radius 2 is 1.94 bits per heavy atom. The summed E-state index contributed by atoms with van der Waals surface area (Å²) in [6.07, 6.45) is 1.92. The van der Waals surface area contributed by atoms with E-state index in [1.807, 2.05) is 0 Å². The molecule has 1 saturated heterocycles. The second-order valence-corrected chi connectivity index (χ2v) is 5.02. The van der Waals surface area contributed by atoms with Crippen molar-refractivity contribution in [1.82, 2.24) is 0 Å². The molecule has 0 saturated carbocycles. The van der Waals surface area contributed by atoms with Crippen LogP contribution >= 0.6 is 0 Å². The average Bonchev–Trinajstić information content (AvgIpc) is 2.37. The maximum absolute atomic E-state index is 5.56. The van der Waals surface area contributed by atoms with Crippen molar-refractivity contribution in [3.8, 4) is 0 Å². The summed E-state index contributed by atoms with van der Waals surface area (Å²) in [6.45, 7) is 6.90. The van der Waals surface area contributed by atoms with Crippen LogP contribution in [0.1, 0.15) is 24.0 Å². The quantitative estimate of drug-likeness (QED) is 0.819. The minimum Gasteiger partial charge on any atom is -0.374 e. The fraction of sp³-hybridized carbons (Fsp3) is 0.600. The first-order valence-corrected chi connectivity index (χ1v) is 6.68. The van der Waals surface area contributed by atoms with Crippen LogP contribution in [0.3, 0.4) is 0 Å². The molecule has 1 aromatic rings. The smallest absolute Gasteiger partial charge is 0.159 e. The predicted molar refractivity (Wildman–Crippen MR) is 74.1 cm³/mol. The molecular formula is C15H23NO2. The van der Waals surface area contributed by atoms with Gasteiger partial charge in [0.1, 0.15) is 0 Å². The van der Waals surface area contributed by atoms with Gasteiger partial charge in [0.25, 0.3) is 0 Å². The predicted octanol–water partition coefficient (Wildman–Crippen LogP) is 2.89. The Bertz CT molecular complexity index is 386. The van der Waals surface area contributed by atoms with Gasteiger partial charge in [-0.25, -0.2) is 0 Å². The highest BCUT2D eigenvalue weighted by molar-refractivity contribution is 5.53. The number of benzene rings is 1. The molecule has 0 amide bonds. The monoisotopic (exact) mass is 249 g/mol. The van der Waals surface area contributed by atoms with Crippen molar-refractivity contribution in [2.24, 2.45) is 0 Å². The van der Waals surface area contributed by atoms with E-state index in [2.05, 4.69) is 44.0 Å². The van der Waals surface area contributed by atoms with E-state index in [0.29, 0.717) is 0 Å². The molecule has 0 atom stereocenters. The number of rotatable bonds is 4. The summed E-state index contributed by atoms with van der Waals surface area (Å²) in [4.78, 5) is 2.27. The first-order chi connectivity index (χ1) is 8.66. The molecule has 0 radical (unpaired) electrons. The lowest BCUT2D eigenvalue weighted by molar-refractivity contribution is -0.179. The Labute approximate surface area is 110 Å². The van der Waals surface area contributed by atoms with E-state index in [0.717, 1.165) is 32.6 Å². The Kier molecular flexibility index (Phi) is 4.61. The molecule has 0 aromatic heterocycles. The molecule has 0 unspecified atom stereocenters. The molecule has 0 spiro atoms. The van der Waals surface area contributed by atoms with Crippen LogP contribution in [-0.4, -0.2) is 33.1 Å². The van der Waals surface area contributed by atoms with Crippen molar-refractivity contribution in [3.63, 3.8) is 0 Å². The number of nitrogens with zero attached hydrogens (tertiary/aromatic N) is 1. The van der Waals surface area contributed by atoms with Gasteiger partial charge in [0.05, 0.1) is 13.2 Å². The van der Waals surface area contributed by atoms with Crippen LogP contribution in [0.4, 0.5) is 5.69 Å². The fourth-order valence-corrected chi connectivity index (χ4v) is 2.36. The standard InChI is InChI=1S/C15H23NO2/c1-12-5-6-14(13(2)11-12)16(3)8-7-15-17-9-4-10-18-15/h5-6,11,15H,4,7-10H2,1-3H3. The second-order valence-electron chi connectivity index (χ2n) is 5.02. The Hall–Kier alpha value is -1.06. The molecule has 0 aliphatic carbocycles. The van der Waals surface area contributed by atoms with Crippen LogP contribution in [0, 0.1) is 13.8 Å². The summed E-state index contributed by atoms with van der Waals surface area (Å²) in [5.41, 5.74) is 3.92. The van der Waals surface area contributed by atoms with Crippen LogP contribution in [0.5, 0.6) is 0 Å². The lowest BCUT2D eigenvalue weighted by Crippen LogP contribution is -2.30. The highest BCUT2D eigenvalue weighted by atomic mass is 16.7. The minimum atomic E-state index is -0.0213. The summed E-state index contributed by atoms with van der Waals surface area (Å²) >= 11 is 0. The van der Waals surface area contributed by atoms with E-state index in [1.165, 1.54) is 16.8 Å². The lowest BCUT2D eigenvalue weighted by Gasteiger charge is -2.27. The van der Waals surface area contributed by atoms with Gasteiger partial charge in [0.2, 0.25) is 0 Å². The zero-order valence-corrected chi connectivity index (χ0v) is 11.6. The first kappa shape index (κ1) is 13.4. The van der Waals surface area contributed by atoms with Gasteiger partial charge in [0, 0.05) is 25.7 Å². The molecule has 2 rings (SSSR count). The van der Waals surface area contributed by atoms with Crippen molar-refractivity contribution >= 4 is 5.69 Å². The normalized spacial score (nSPS) is 16.8. The molecule has 1 fully saturated rings. The summed E-state index contributed by atoms with van der Waals surface area (Å²) in [5.74, 6) is 0. The molecular weight excluding hydrogens is 226 g/mol. The van der Waals surface area contributed by atoms with Gasteiger partial charge in [-0.2, -0.15) is 0 Å². The Morgan fingerprint density at radius 3 is 2.61 bits per heavy atom. The fourth-order valence-electron chi connectivity index (χ4n) is 2.36. The molecule has 100 valence electrons. The highest BCUT2D eigenvalue weighted by Crippen LogP contribution is 2.20. The van der Waals surface area contributed by atoms with Crippen LogP contribution in [0.2, 0.25) is 0 Å². The summed E-state index contributed by atoms with van der Waals surface area (Å²) < 4.78 is 11.1. The van der Waals surface area contributed by atoms with Gasteiger partial charge in [0.15, 0.2) is 6.29 Å². The summed E-state index contributed by atoms with van der Waals surface area (Å²) in [5, 5.41) is 0. The van der Waals surface area contributed by atoms with E-state index < -0.39 is 0 Å². The number of ether oxygens (including phenoxy) is 2. The lowest BCUT2D eigenvalue weighted by atomic mass is 10.1. The molecule has 1 aliphatic heterocycles. The van der Waals surface area contributed by atoms with Crippen molar-refractivity contribution in [1.29, 1.82) is 0 Å². The van der Waals surface area contributed by atoms with E-state index >= 15 is 0 Å². The van der Waals surface area contributed by atoms with Crippen molar-refractivity contribution in [3.05, 3.63) is 29.3 Å². The topological polar surface area (TPSA) is 21.7 Å². The van der Waals surface area contributed by atoms with Crippen LogP contribution in [-0.2, 0) is 9.47 Å². The third-order valence-electron chi connectivity index (χ3n) is 3.36. The molecule has 1 aromatic carbocycles. The molecule has 0 N–H and O–H groups in total. The van der Waals surface area contributed by atoms with Crippen molar-refractivity contribution in [2.75, 3.05) is 31.7 Å².